The molecule has 1 amide bonds. The molecule has 0 radical (unpaired) electrons. The number of anilines is 1. The molecule has 0 aliphatic carbocycles. The van der Waals surface area contributed by atoms with Crippen molar-refractivity contribution in [2.45, 2.75) is 13.5 Å². The fourth-order valence-corrected chi connectivity index (χ4v) is 3.34. The van der Waals surface area contributed by atoms with Crippen LogP contribution in [0.2, 0.25) is 0 Å². The van der Waals surface area contributed by atoms with Crippen LogP contribution in [0.4, 0.5) is 5.82 Å². The third-order valence-corrected chi connectivity index (χ3v) is 4.50. The lowest BCUT2D eigenvalue weighted by atomic mass is 10.1. The van der Waals surface area contributed by atoms with Crippen molar-refractivity contribution in [1.29, 1.82) is 0 Å². The second-order valence-corrected chi connectivity index (χ2v) is 6.24. The number of aromatic nitrogens is 3. The largest absolute Gasteiger partial charge is 0.341 e. The predicted molar refractivity (Wildman–Crippen MR) is 106 cm³/mol. The average molecular weight is 344 g/mol. The monoisotopic (exact) mass is 344 g/mol. The number of rotatable bonds is 4. The molecule has 2 heterocycles. The summed E-state index contributed by atoms with van der Waals surface area (Å²) < 4.78 is 3.96. The second-order valence-electron chi connectivity index (χ2n) is 6.24. The Bertz CT molecular complexity index is 1130. The van der Waals surface area contributed by atoms with Crippen molar-refractivity contribution in [2.75, 3.05) is 5.32 Å². The van der Waals surface area contributed by atoms with Gasteiger partial charge in [0.15, 0.2) is 5.82 Å². The van der Waals surface area contributed by atoms with Gasteiger partial charge in [-0.05, 0) is 36.8 Å². The van der Waals surface area contributed by atoms with Crippen molar-refractivity contribution in [1.82, 2.24) is 14.3 Å². The molecule has 0 saturated heterocycles. The van der Waals surface area contributed by atoms with Crippen molar-refractivity contribution < 1.29 is 4.79 Å². The Morgan fingerprint density at radius 3 is 2.69 bits per heavy atom. The zero-order valence-corrected chi connectivity index (χ0v) is 14.8. The molecule has 5 heteroatoms. The van der Waals surface area contributed by atoms with Gasteiger partial charge < -0.3 is 9.88 Å². The van der Waals surface area contributed by atoms with Gasteiger partial charge in [0.25, 0.3) is 0 Å². The van der Waals surface area contributed by atoms with Crippen molar-refractivity contribution in [3.63, 3.8) is 0 Å². The first-order valence-corrected chi connectivity index (χ1v) is 8.65. The van der Waals surface area contributed by atoms with Crippen LogP contribution in [0.25, 0.3) is 27.9 Å². The van der Waals surface area contributed by atoms with E-state index in [0.29, 0.717) is 5.82 Å². The van der Waals surface area contributed by atoms with Crippen LogP contribution in [0.15, 0.2) is 60.8 Å². The van der Waals surface area contributed by atoms with Crippen LogP contribution in [-0.2, 0) is 18.4 Å². The maximum absolute atomic E-state index is 12.1. The third kappa shape index (κ3) is 2.88. The number of fused-ring (bicyclic) bond motifs is 3. The predicted octanol–water partition coefficient (Wildman–Crippen LogP) is 4.20. The Morgan fingerprint density at radius 1 is 1.12 bits per heavy atom. The van der Waals surface area contributed by atoms with E-state index < -0.39 is 0 Å². The smallest absolute Gasteiger partial charge is 0.249 e. The number of amides is 1. The van der Waals surface area contributed by atoms with Crippen molar-refractivity contribution >= 4 is 39.6 Å². The zero-order valence-electron chi connectivity index (χ0n) is 14.8. The molecule has 26 heavy (non-hydrogen) atoms. The average Bonchev–Trinajstić information content (AvgIpc) is 3.20. The van der Waals surface area contributed by atoms with Gasteiger partial charge in [-0.25, -0.2) is 0 Å². The first kappa shape index (κ1) is 16.1. The Hall–Kier alpha value is -3.34. The van der Waals surface area contributed by atoms with Gasteiger partial charge in [-0.3, -0.25) is 9.48 Å². The van der Waals surface area contributed by atoms with Crippen molar-refractivity contribution in [2.24, 2.45) is 7.05 Å². The molecule has 2 aromatic carbocycles. The van der Waals surface area contributed by atoms with Gasteiger partial charge in [0.05, 0.1) is 0 Å². The summed E-state index contributed by atoms with van der Waals surface area (Å²) >= 11 is 0. The first-order valence-electron chi connectivity index (χ1n) is 8.65. The highest BCUT2D eigenvalue weighted by atomic mass is 16.1. The van der Waals surface area contributed by atoms with E-state index in [1.165, 1.54) is 27.9 Å². The Labute approximate surface area is 151 Å². The van der Waals surface area contributed by atoms with E-state index in [-0.39, 0.29) is 5.91 Å². The van der Waals surface area contributed by atoms with E-state index in [2.05, 4.69) is 58.3 Å². The fraction of sp³-hybridized carbons (Fsp3) is 0.143. The molecule has 2 aromatic heterocycles. The lowest BCUT2D eigenvalue weighted by Crippen LogP contribution is -2.08. The third-order valence-electron chi connectivity index (χ3n) is 4.50. The standard InChI is InChI=1S/C21H20N4O/c1-3-25-18-7-5-4-6-16(18)17-14-15(8-10-19(17)25)9-11-21(26)22-20-12-13-24(2)23-20/h4-14H,3H2,1-2H3,(H,22,23,26)/b11-9-. The van der Waals surface area contributed by atoms with Crippen LogP contribution >= 0.6 is 0 Å². The Kier molecular flexibility index (Phi) is 4.05. The lowest BCUT2D eigenvalue weighted by Gasteiger charge is -2.02. The number of para-hydroxylation sites is 1. The molecule has 0 spiro atoms. The highest BCUT2D eigenvalue weighted by Gasteiger charge is 2.09. The number of nitrogens with zero attached hydrogens (tertiary/aromatic N) is 3. The van der Waals surface area contributed by atoms with Crippen molar-refractivity contribution in [3.05, 3.63) is 66.4 Å². The SMILES string of the molecule is CCn1c2ccccc2c2cc(/C=C\C(=O)Nc3ccn(C)n3)ccc21. The van der Waals surface area contributed by atoms with Gasteiger partial charge >= 0.3 is 0 Å². The summed E-state index contributed by atoms with van der Waals surface area (Å²) in [6.45, 7) is 3.08. The minimum Gasteiger partial charge on any atom is -0.341 e. The highest BCUT2D eigenvalue weighted by molar-refractivity contribution is 6.09. The lowest BCUT2D eigenvalue weighted by molar-refractivity contribution is -0.111. The first-order chi connectivity index (χ1) is 12.7. The molecular weight excluding hydrogens is 324 g/mol. The van der Waals surface area contributed by atoms with E-state index in [9.17, 15) is 4.79 Å². The molecule has 4 rings (SSSR count). The molecule has 4 aromatic rings. The summed E-state index contributed by atoms with van der Waals surface area (Å²) in [5.74, 6) is 0.350. The number of benzene rings is 2. The molecule has 0 atom stereocenters. The number of nitrogens with one attached hydrogen (secondary N) is 1. The van der Waals surface area contributed by atoms with Gasteiger partial charge in [0.2, 0.25) is 5.91 Å². The molecule has 0 unspecified atom stereocenters. The minimum atomic E-state index is -0.195. The van der Waals surface area contributed by atoms with Crippen molar-refractivity contribution in [3.8, 4) is 0 Å². The summed E-state index contributed by atoms with van der Waals surface area (Å²) in [6.07, 6.45) is 5.15. The van der Waals surface area contributed by atoms with Gasteiger partial charge in [0.1, 0.15) is 0 Å². The van der Waals surface area contributed by atoms with Crippen LogP contribution in [0, 0.1) is 0 Å². The van der Waals surface area contributed by atoms with Crippen LogP contribution in [0.3, 0.4) is 0 Å². The molecule has 5 nitrogen and oxygen atoms in total. The number of carbonyl (C=O) groups excluding carboxylic acids is 1. The zero-order chi connectivity index (χ0) is 18.1. The summed E-state index contributed by atoms with van der Waals surface area (Å²) in [5.41, 5.74) is 3.44. The number of carbonyl (C=O) groups is 1. The van der Waals surface area contributed by atoms with E-state index in [1.807, 2.05) is 19.2 Å². The highest BCUT2D eigenvalue weighted by Crippen LogP contribution is 2.29. The maximum atomic E-state index is 12.1. The number of aryl methyl sites for hydroxylation is 2. The van der Waals surface area contributed by atoms with Crippen LogP contribution in [0.1, 0.15) is 12.5 Å². The minimum absolute atomic E-state index is 0.195. The van der Waals surface area contributed by atoms with E-state index in [1.54, 1.807) is 16.9 Å². The normalized spacial score (nSPS) is 11.6. The Morgan fingerprint density at radius 2 is 1.92 bits per heavy atom. The summed E-state index contributed by atoms with van der Waals surface area (Å²) in [4.78, 5) is 12.1. The number of hydrogen-bond donors (Lipinski definition) is 1. The molecule has 130 valence electrons. The molecule has 0 aliphatic rings. The fourth-order valence-electron chi connectivity index (χ4n) is 3.34. The summed E-state index contributed by atoms with van der Waals surface area (Å²) in [5, 5.41) is 9.33. The van der Waals surface area contributed by atoms with Gasteiger partial charge in [-0.15, -0.1) is 0 Å². The van der Waals surface area contributed by atoms with Crippen LogP contribution in [0.5, 0.6) is 0 Å². The quantitative estimate of drug-likeness (QED) is 0.564. The molecule has 0 aliphatic heterocycles. The van der Waals surface area contributed by atoms with E-state index in [4.69, 9.17) is 0 Å². The topological polar surface area (TPSA) is 51.9 Å². The van der Waals surface area contributed by atoms with Gasteiger partial charge in [0, 0.05) is 53.7 Å². The van der Waals surface area contributed by atoms with E-state index >= 15 is 0 Å². The Balaban J connectivity index is 1.65. The maximum Gasteiger partial charge on any atom is 0.249 e. The summed E-state index contributed by atoms with van der Waals surface area (Å²) in [6, 6.07) is 16.5. The summed E-state index contributed by atoms with van der Waals surface area (Å²) in [7, 11) is 1.81. The second kappa shape index (κ2) is 6.52. The molecule has 0 saturated carbocycles. The van der Waals surface area contributed by atoms with Crippen LogP contribution < -0.4 is 5.32 Å². The number of hydrogen-bond acceptors (Lipinski definition) is 2. The molecule has 0 bridgehead atoms. The van der Waals surface area contributed by atoms with Crippen LogP contribution in [-0.4, -0.2) is 20.3 Å². The van der Waals surface area contributed by atoms with Gasteiger partial charge in [-0.2, -0.15) is 5.10 Å². The van der Waals surface area contributed by atoms with Gasteiger partial charge in [-0.1, -0.05) is 24.3 Å². The molecule has 1 N–H and O–H groups in total. The molecular formula is C21H20N4O. The van der Waals surface area contributed by atoms with E-state index in [0.717, 1.165) is 12.1 Å². The molecule has 0 fully saturated rings.